The average molecular weight is 413 g/mol. The molecule has 0 aliphatic carbocycles. The van der Waals surface area contributed by atoms with Crippen LogP contribution >= 0.6 is 11.8 Å². The molecule has 1 saturated heterocycles. The Hall–Kier alpha value is -2.78. The topological polar surface area (TPSA) is 84.0 Å². The number of ether oxygens (including phenoxy) is 1. The fourth-order valence-corrected chi connectivity index (χ4v) is 3.71. The van der Waals surface area contributed by atoms with E-state index in [-0.39, 0.29) is 11.4 Å². The summed E-state index contributed by atoms with van der Waals surface area (Å²) in [6.45, 7) is 2.91. The van der Waals surface area contributed by atoms with Crippen molar-refractivity contribution in [3.8, 4) is 0 Å². The van der Waals surface area contributed by atoms with E-state index in [2.05, 4.69) is 24.8 Å². The number of rotatable bonds is 6. The molecule has 0 radical (unpaired) electrons. The van der Waals surface area contributed by atoms with Crippen molar-refractivity contribution >= 4 is 17.7 Å². The maximum atomic E-state index is 13.0. The molecule has 0 spiro atoms. The van der Waals surface area contributed by atoms with Crippen molar-refractivity contribution in [2.75, 3.05) is 31.2 Å². The molecule has 0 amide bonds. The summed E-state index contributed by atoms with van der Waals surface area (Å²) in [5, 5.41) is 0.530. The lowest BCUT2D eigenvalue weighted by molar-refractivity contribution is 0.122. The van der Waals surface area contributed by atoms with Gasteiger partial charge in [-0.05, 0) is 23.3 Å². The summed E-state index contributed by atoms with van der Waals surface area (Å²) in [6.07, 6.45) is 5.49. The summed E-state index contributed by atoms with van der Waals surface area (Å²) in [7, 11) is 0. The van der Waals surface area contributed by atoms with E-state index >= 15 is 0 Å². The number of H-pyrrole nitrogens is 1. The summed E-state index contributed by atoms with van der Waals surface area (Å²) in [4.78, 5) is 30.4. The first-order chi connectivity index (χ1) is 14.2. The summed E-state index contributed by atoms with van der Waals surface area (Å²) in [5.41, 5.74) is 2.18. The van der Waals surface area contributed by atoms with Crippen molar-refractivity contribution in [2.45, 2.75) is 17.3 Å². The summed E-state index contributed by atoms with van der Waals surface area (Å²) in [5.74, 6) is 1.01. The minimum absolute atomic E-state index is 0.182. The number of nitrogens with one attached hydrogen (secondary N) is 1. The van der Waals surface area contributed by atoms with Gasteiger partial charge in [-0.2, -0.15) is 0 Å². The van der Waals surface area contributed by atoms with Crippen LogP contribution in [-0.2, 0) is 16.9 Å². The van der Waals surface area contributed by atoms with Gasteiger partial charge in [0, 0.05) is 49.4 Å². The number of aromatic nitrogens is 4. The molecule has 0 saturated carbocycles. The monoisotopic (exact) mass is 413 g/mol. The van der Waals surface area contributed by atoms with Gasteiger partial charge in [-0.15, -0.1) is 0 Å². The first-order valence-electron chi connectivity index (χ1n) is 9.26. The van der Waals surface area contributed by atoms with Gasteiger partial charge in [-0.3, -0.25) is 4.79 Å². The van der Waals surface area contributed by atoms with Gasteiger partial charge in [0.15, 0.2) is 5.16 Å². The SMILES string of the molecule is O=c1[nH]c(SCc2ccc(F)cc2)ncc1Cc1cnc(N2CCOCC2)nc1. The number of anilines is 1. The number of benzene rings is 1. The van der Waals surface area contributed by atoms with Crippen molar-refractivity contribution in [3.63, 3.8) is 0 Å². The first-order valence-corrected chi connectivity index (χ1v) is 10.2. The molecule has 4 rings (SSSR count). The summed E-state index contributed by atoms with van der Waals surface area (Å²) >= 11 is 1.40. The second-order valence-corrected chi connectivity index (χ2v) is 7.59. The predicted octanol–water partition coefficient (Wildman–Crippen LogP) is 2.42. The van der Waals surface area contributed by atoms with Gasteiger partial charge >= 0.3 is 0 Å². The van der Waals surface area contributed by atoms with Crippen LogP contribution in [0.15, 0.2) is 52.8 Å². The zero-order chi connectivity index (χ0) is 20.1. The van der Waals surface area contributed by atoms with E-state index in [1.807, 2.05) is 0 Å². The normalized spacial score (nSPS) is 14.2. The van der Waals surface area contributed by atoms with Crippen LogP contribution in [-0.4, -0.2) is 46.2 Å². The van der Waals surface area contributed by atoms with E-state index in [4.69, 9.17) is 4.74 Å². The maximum absolute atomic E-state index is 13.0. The number of halogens is 1. The molecule has 0 atom stereocenters. The van der Waals surface area contributed by atoms with Crippen LogP contribution in [0.1, 0.15) is 16.7 Å². The number of hydrogen-bond donors (Lipinski definition) is 1. The third-order valence-corrected chi connectivity index (χ3v) is 5.48. The molecule has 1 aliphatic heterocycles. The van der Waals surface area contributed by atoms with E-state index < -0.39 is 0 Å². The highest BCUT2D eigenvalue weighted by atomic mass is 32.2. The van der Waals surface area contributed by atoms with Crippen LogP contribution in [0.3, 0.4) is 0 Å². The van der Waals surface area contributed by atoms with E-state index in [9.17, 15) is 9.18 Å². The van der Waals surface area contributed by atoms with Gasteiger partial charge in [0.1, 0.15) is 5.82 Å². The lowest BCUT2D eigenvalue weighted by Gasteiger charge is -2.26. The van der Waals surface area contributed by atoms with Crippen molar-refractivity contribution < 1.29 is 9.13 Å². The molecule has 1 aromatic carbocycles. The van der Waals surface area contributed by atoms with Gasteiger partial charge in [0.25, 0.3) is 5.56 Å². The average Bonchev–Trinajstić information content (AvgIpc) is 2.76. The molecular formula is C20H20FN5O2S. The molecule has 1 aliphatic rings. The number of hydrogen-bond acceptors (Lipinski definition) is 7. The quantitative estimate of drug-likeness (QED) is 0.491. The van der Waals surface area contributed by atoms with E-state index in [0.29, 0.717) is 42.1 Å². The Labute approximate surface area is 171 Å². The fourth-order valence-electron chi connectivity index (χ4n) is 2.92. The van der Waals surface area contributed by atoms with Gasteiger partial charge < -0.3 is 14.6 Å². The van der Waals surface area contributed by atoms with Crippen LogP contribution in [0.2, 0.25) is 0 Å². The largest absolute Gasteiger partial charge is 0.378 e. The van der Waals surface area contributed by atoms with Crippen LogP contribution in [0.25, 0.3) is 0 Å². The van der Waals surface area contributed by atoms with Gasteiger partial charge in [0.05, 0.1) is 13.2 Å². The molecule has 2 aromatic heterocycles. The van der Waals surface area contributed by atoms with Crippen LogP contribution < -0.4 is 10.5 Å². The van der Waals surface area contributed by atoms with Crippen molar-refractivity contribution in [2.24, 2.45) is 0 Å². The molecule has 3 aromatic rings. The Kier molecular flexibility index (Phi) is 6.16. The lowest BCUT2D eigenvalue weighted by atomic mass is 10.1. The molecule has 7 nitrogen and oxygen atoms in total. The third kappa shape index (κ3) is 5.18. The highest BCUT2D eigenvalue weighted by molar-refractivity contribution is 7.98. The lowest BCUT2D eigenvalue weighted by Crippen LogP contribution is -2.37. The van der Waals surface area contributed by atoms with Gasteiger partial charge in [-0.1, -0.05) is 23.9 Å². The highest BCUT2D eigenvalue weighted by Gasteiger charge is 2.13. The zero-order valence-electron chi connectivity index (χ0n) is 15.7. The number of thioether (sulfide) groups is 1. The predicted molar refractivity (Wildman–Crippen MR) is 109 cm³/mol. The molecule has 1 N–H and O–H groups in total. The molecule has 29 heavy (non-hydrogen) atoms. The Morgan fingerprint density at radius 1 is 1.03 bits per heavy atom. The Morgan fingerprint density at radius 3 is 2.45 bits per heavy atom. The molecule has 1 fully saturated rings. The maximum Gasteiger partial charge on any atom is 0.255 e. The molecule has 150 valence electrons. The second-order valence-electron chi connectivity index (χ2n) is 6.63. The van der Waals surface area contributed by atoms with E-state index in [1.54, 1.807) is 30.7 Å². The summed E-state index contributed by atoms with van der Waals surface area (Å²) < 4.78 is 18.3. The third-order valence-electron chi connectivity index (χ3n) is 4.52. The Bertz CT molecular complexity index is 1000. The molecular weight excluding hydrogens is 393 g/mol. The second kappa shape index (κ2) is 9.15. The molecule has 3 heterocycles. The number of aromatic amines is 1. The summed E-state index contributed by atoms with van der Waals surface area (Å²) in [6, 6.07) is 6.27. The standard InChI is InChI=1S/C20H20FN5O2S/c21-17-3-1-14(2-4-17)13-29-20-24-12-16(18(27)25-20)9-15-10-22-19(23-11-15)26-5-7-28-8-6-26/h1-4,10-12H,5-9,13H2,(H,24,25,27). The van der Waals surface area contributed by atoms with E-state index in [1.165, 1.54) is 23.9 Å². The van der Waals surface area contributed by atoms with E-state index in [0.717, 1.165) is 24.2 Å². The van der Waals surface area contributed by atoms with Crippen LogP contribution in [0.4, 0.5) is 10.3 Å². The van der Waals surface area contributed by atoms with Crippen LogP contribution in [0.5, 0.6) is 0 Å². The van der Waals surface area contributed by atoms with Crippen LogP contribution in [0, 0.1) is 5.82 Å². The number of morpholine rings is 1. The molecule has 0 unspecified atom stereocenters. The van der Waals surface area contributed by atoms with Crippen molar-refractivity contribution in [1.29, 1.82) is 0 Å². The zero-order valence-corrected chi connectivity index (χ0v) is 16.5. The Balaban J connectivity index is 1.37. The van der Waals surface area contributed by atoms with Crippen molar-refractivity contribution in [1.82, 2.24) is 19.9 Å². The number of nitrogens with zero attached hydrogens (tertiary/aromatic N) is 4. The highest BCUT2D eigenvalue weighted by Crippen LogP contribution is 2.18. The minimum Gasteiger partial charge on any atom is -0.378 e. The van der Waals surface area contributed by atoms with Gasteiger partial charge in [0.2, 0.25) is 5.95 Å². The molecule has 0 bridgehead atoms. The van der Waals surface area contributed by atoms with Gasteiger partial charge in [-0.25, -0.2) is 19.3 Å². The Morgan fingerprint density at radius 2 is 1.76 bits per heavy atom. The smallest absolute Gasteiger partial charge is 0.255 e. The first kappa shape index (κ1) is 19.5. The minimum atomic E-state index is -0.267. The molecule has 9 heteroatoms. The van der Waals surface area contributed by atoms with Crippen molar-refractivity contribution in [3.05, 3.63) is 75.7 Å². The fraction of sp³-hybridized carbons (Fsp3) is 0.300.